The monoisotopic (exact) mass is 464 g/mol. The summed E-state index contributed by atoms with van der Waals surface area (Å²) in [4.78, 5) is 31.0. The Morgan fingerprint density at radius 2 is 2.06 bits per heavy atom. The number of likely N-dealkylation sites (N-methyl/N-ethyl adjacent to an activating group) is 1. The SMILES string of the molecule is CNC(=O)c1cccc(-c2ccc3c(N4CCCC(OC)C4)nc(N(C)CCOC)nc3n2)c1. The normalized spacial score (nSPS) is 16.0. The van der Waals surface area contributed by atoms with Crippen LogP contribution in [0.15, 0.2) is 36.4 Å². The molecule has 34 heavy (non-hydrogen) atoms. The van der Waals surface area contributed by atoms with Gasteiger partial charge in [0, 0.05) is 59.1 Å². The maximum Gasteiger partial charge on any atom is 0.251 e. The second kappa shape index (κ2) is 10.8. The molecule has 180 valence electrons. The number of nitrogens with zero attached hydrogens (tertiary/aromatic N) is 5. The van der Waals surface area contributed by atoms with Crippen LogP contribution in [0.2, 0.25) is 0 Å². The van der Waals surface area contributed by atoms with E-state index < -0.39 is 0 Å². The number of fused-ring (bicyclic) bond motifs is 1. The maximum atomic E-state index is 12.1. The number of methoxy groups -OCH3 is 2. The molecule has 1 aromatic carbocycles. The molecule has 1 unspecified atom stereocenters. The molecule has 1 amide bonds. The van der Waals surface area contributed by atoms with Crippen LogP contribution in [0.4, 0.5) is 11.8 Å². The zero-order chi connectivity index (χ0) is 24.1. The van der Waals surface area contributed by atoms with Crippen molar-refractivity contribution < 1.29 is 14.3 Å². The molecule has 4 rings (SSSR count). The summed E-state index contributed by atoms with van der Waals surface area (Å²) < 4.78 is 10.9. The third-order valence-corrected chi connectivity index (χ3v) is 6.16. The number of carbonyl (C=O) groups is 1. The highest BCUT2D eigenvalue weighted by molar-refractivity contribution is 5.95. The summed E-state index contributed by atoms with van der Waals surface area (Å²) in [5.74, 6) is 1.33. The first kappa shape index (κ1) is 23.8. The first-order valence-corrected chi connectivity index (χ1v) is 11.5. The molecule has 0 radical (unpaired) electrons. The van der Waals surface area contributed by atoms with E-state index in [1.165, 1.54) is 0 Å². The Morgan fingerprint density at radius 3 is 2.82 bits per heavy atom. The average Bonchev–Trinajstić information content (AvgIpc) is 2.90. The number of hydrogen-bond donors (Lipinski definition) is 1. The van der Waals surface area contributed by atoms with Gasteiger partial charge in [-0.05, 0) is 37.1 Å². The van der Waals surface area contributed by atoms with Gasteiger partial charge in [0.05, 0.1) is 23.8 Å². The molecule has 9 heteroatoms. The number of pyridine rings is 1. The second-order valence-corrected chi connectivity index (χ2v) is 8.44. The van der Waals surface area contributed by atoms with Crippen molar-refractivity contribution in [1.29, 1.82) is 0 Å². The molecule has 1 aliphatic rings. The van der Waals surface area contributed by atoms with Crippen LogP contribution in [0.1, 0.15) is 23.2 Å². The molecule has 0 spiro atoms. The Hall–Kier alpha value is -3.30. The van der Waals surface area contributed by atoms with Crippen molar-refractivity contribution in [3.8, 4) is 11.3 Å². The molecule has 0 bridgehead atoms. The van der Waals surface area contributed by atoms with Crippen molar-refractivity contribution in [2.75, 3.05) is 64.4 Å². The van der Waals surface area contributed by atoms with Gasteiger partial charge in [0.1, 0.15) is 5.82 Å². The zero-order valence-corrected chi connectivity index (χ0v) is 20.2. The van der Waals surface area contributed by atoms with Gasteiger partial charge in [-0.1, -0.05) is 12.1 Å². The molecule has 1 saturated heterocycles. The fourth-order valence-electron chi connectivity index (χ4n) is 4.17. The number of aromatic nitrogens is 3. The number of benzene rings is 1. The van der Waals surface area contributed by atoms with E-state index in [2.05, 4.69) is 10.2 Å². The van der Waals surface area contributed by atoms with Crippen molar-refractivity contribution >= 4 is 28.7 Å². The minimum Gasteiger partial charge on any atom is -0.383 e. The third kappa shape index (κ3) is 5.10. The Morgan fingerprint density at radius 1 is 1.21 bits per heavy atom. The molecule has 1 fully saturated rings. The van der Waals surface area contributed by atoms with Gasteiger partial charge in [0.2, 0.25) is 5.95 Å². The van der Waals surface area contributed by atoms with Gasteiger partial charge in [-0.2, -0.15) is 9.97 Å². The molecule has 1 N–H and O–H groups in total. The van der Waals surface area contributed by atoms with Gasteiger partial charge >= 0.3 is 0 Å². The lowest BCUT2D eigenvalue weighted by Crippen LogP contribution is -2.40. The van der Waals surface area contributed by atoms with Gasteiger partial charge in [-0.25, -0.2) is 4.98 Å². The van der Waals surface area contributed by atoms with Crippen LogP contribution in [-0.4, -0.2) is 81.5 Å². The topological polar surface area (TPSA) is 92.7 Å². The molecule has 3 aromatic rings. The quantitative estimate of drug-likeness (QED) is 0.544. The summed E-state index contributed by atoms with van der Waals surface area (Å²) in [7, 11) is 7.02. The van der Waals surface area contributed by atoms with E-state index in [4.69, 9.17) is 24.4 Å². The van der Waals surface area contributed by atoms with Crippen molar-refractivity contribution in [2.45, 2.75) is 18.9 Å². The highest BCUT2D eigenvalue weighted by atomic mass is 16.5. The second-order valence-electron chi connectivity index (χ2n) is 8.44. The van der Waals surface area contributed by atoms with Crippen LogP contribution in [0.25, 0.3) is 22.3 Å². The van der Waals surface area contributed by atoms with Gasteiger partial charge in [0.25, 0.3) is 5.91 Å². The summed E-state index contributed by atoms with van der Waals surface area (Å²) in [6.45, 7) is 2.92. The number of nitrogens with one attached hydrogen (secondary N) is 1. The fraction of sp³-hybridized carbons (Fsp3) is 0.440. The Kier molecular flexibility index (Phi) is 7.54. The smallest absolute Gasteiger partial charge is 0.251 e. The summed E-state index contributed by atoms with van der Waals surface area (Å²) in [6, 6.07) is 11.4. The van der Waals surface area contributed by atoms with Crippen molar-refractivity contribution in [3.05, 3.63) is 42.0 Å². The number of piperidine rings is 1. The Labute approximate surface area is 200 Å². The van der Waals surface area contributed by atoms with Gasteiger partial charge in [-0.3, -0.25) is 4.79 Å². The predicted molar refractivity (Wildman–Crippen MR) is 134 cm³/mol. The molecular weight excluding hydrogens is 432 g/mol. The highest BCUT2D eigenvalue weighted by Crippen LogP contribution is 2.30. The van der Waals surface area contributed by atoms with Crippen molar-refractivity contribution in [3.63, 3.8) is 0 Å². The number of hydrogen-bond acceptors (Lipinski definition) is 8. The lowest BCUT2D eigenvalue weighted by Gasteiger charge is -2.33. The molecule has 3 heterocycles. The Balaban J connectivity index is 1.79. The van der Waals surface area contributed by atoms with Crippen LogP contribution in [-0.2, 0) is 9.47 Å². The number of anilines is 2. The van der Waals surface area contributed by atoms with E-state index in [1.807, 2.05) is 42.3 Å². The number of amides is 1. The van der Waals surface area contributed by atoms with E-state index in [0.29, 0.717) is 30.3 Å². The standard InChI is InChI=1S/C25H32N6O3/c1-26-24(32)18-8-5-7-17(15-18)21-11-10-20-22(27-21)28-25(30(2)13-14-33-3)29-23(20)31-12-6-9-19(16-31)34-4/h5,7-8,10-11,15,19H,6,9,12-14,16H2,1-4H3,(H,26,32). The van der Waals surface area contributed by atoms with E-state index in [0.717, 1.165) is 48.4 Å². The van der Waals surface area contributed by atoms with Crippen molar-refractivity contribution in [1.82, 2.24) is 20.3 Å². The largest absolute Gasteiger partial charge is 0.383 e. The molecular formula is C25H32N6O3. The number of ether oxygens (including phenoxy) is 2. The van der Waals surface area contributed by atoms with Crippen LogP contribution in [0.3, 0.4) is 0 Å². The van der Waals surface area contributed by atoms with Gasteiger partial charge in [-0.15, -0.1) is 0 Å². The molecule has 1 aliphatic heterocycles. The fourth-order valence-corrected chi connectivity index (χ4v) is 4.17. The van der Waals surface area contributed by atoms with E-state index >= 15 is 0 Å². The van der Waals surface area contributed by atoms with Crippen LogP contribution < -0.4 is 15.1 Å². The third-order valence-electron chi connectivity index (χ3n) is 6.16. The summed E-state index contributed by atoms with van der Waals surface area (Å²) in [6.07, 6.45) is 2.25. The molecule has 0 aliphatic carbocycles. The van der Waals surface area contributed by atoms with E-state index in [9.17, 15) is 4.79 Å². The summed E-state index contributed by atoms with van der Waals surface area (Å²) >= 11 is 0. The summed E-state index contributed by atoms with van der Waals surface area (Å²) in [5.41, 5.74) is 2.81. The average molecular weight is 465 g/mol. The minimum absolute atomic E-state index is 0.132. The molecule has 0 saturated carbocycles. The lowest BCUT2D eigenvalue weighted by atomic mass is 10.1. The maximum absolute atomic E-state index is 12.1. The van der Waals surface area contributed by atoms with Gasteiger partial charge in [0.15, 0.2) is 5.65 Å². The first-order chi connectivity index (χ1) is 16.5. The highest BCUT2D eigenvalue weighted by Gasteiger charge is 2.24. The minimum atomic E-state index is -0.132. The van der Waals surface area contributed by atoms with Crippen LogP contribution in [0, 0.1) is 0 Å². The lowest BCUT2D eigenvalue weighted by molar-refractivity contribution is 0.0892. The number of carbonyl (C=O) groups excluding carboxylic acids is 1. The van der Waals surface area contributed by atoms with Crippen molar-refractivity contribution in [2.24, 2.45) is 0 Å². The zero-order valence-electron chi connectivity index (χ0n) is 20.2. The molecule has 1 atom stereocenters. The van der Waals surface area contributed by atoms with E-state index in [-0.39, 0.29) is 12.0 Å². The molecule has 2 aromatic heterocycles. The van der Waals surface area contributed by atoms with E-state index in [1.54, 1.807) is 27.3 Å². The van der Waals surface area contributed by atoms with Crippen LogP contribution in [0.5, 0.6) is 0 Å². The van der Waals surface area contributed by atoms with Gasteiger partial charge < -0.3 is 24.6 Å². The predicted octanol–water partition coefficient (Wildman–Crippen LogP) is 2.75. The molecule has 9 nitrogen and oxygen atoms in total. The number of rotatable bonds is 8. The van der Waals surface area contributed by atoms with Crippen LogP contribution >= 0.6 is 0 Å². The Bertz CT molecular complexity index is 1150. The first-order valence-electron chi connectivity index (χ1n) is 11.5. The summed E-state index contributed by atoms with van der Waals surface area (Å²) in [5, 5.41) is 3.56.